The Kier molecular flexibility index (Phi) is 5.05. The molecule has 156 valence electrons. The number of aryl methyl sites for hydroxylation is 1. The molecule has 3 aromatic carbocycles. The van der Waals surface area contributed by atoms with Crippen LogP contribution in [0.1, 0.15) is 38.2 Å². The molecule has 0 N–H and O–H groups in total. The fourth-order valence-electron chi connectivity index (χ4n) is 4.08. The number of ketones is 1. The molecule has 2 heterocycles. The van der Waals surface area contributed by atoms with Gasteiger partial charge in [-0.1, -0.05) is 59.6 Å². The van der Waals surface area contributed by atoms with Crippen LogP contribution < -0.4 is 9.47 Å². The van der Waals surface area contributed by atoms with Crippen LogP contribution in [0, 0.1) is 13.8 Å². The molecule has 0 fully saturated rings. The Bertz CT molecular complexity index is 1210. The molecule has 5 heteroatoms. The molecule has 0 atom stereocenters. The summed E-state index contributed by atoms with van der Waals surface area (Å²) in [5.74, 6) is 1.54. The van der Waals surface area contributed by atoms with E-state index in [9.17, 15) is 4.79 Å². The highest BCUT2D eigenvalue weighted by Gasteiger charge is 2.33. The minimum absolute atomic E-state index is 0.128. The van der Waals surface area contributed by atoms with Crippen LogP contribution in [0.5, 0.6) is 11.5 Å². The van der Waals surface area contributed by atoms with Crippen molar-refractivity contribution in [2.24, 2.45) is 0 Å². The molecule has 0 amide bonds. The number of benzene rings is 3. The van der Waals surface area contributed by atoms with E-state index in [2.05, 4.69) is 36.1 Å². The number of hydrogen-bond acceptors (Lipinski definition) is 4. The fourth-order valence-corrected chi connectivity index (χ4v) is 4.27. The van der Waals surface area contributed by atoms with Crippen LogP contribution in [0.4, 0.5) is 0 Å². The van der Waals surface area contributed by atoms with Crippen LogP contribution in [0.2, 0.25) is 5.02 Å². The van der Waals surface area contributed by atoms with Crippen LogP contribution in [-0.4, -0.2) is 17.4 Å². The van der Waals surface area contributed by atoms with E-state index in [1.54, 1.807) is 12.1 Å². The zero-order valence-electron chi connectivity index (χ0n) is 17.4. The Hall–Kier alpha value is -3.08. The predicted octanol–water partition coefficient (Wildman–Crippen LogP) is 5.93. The largest absolute Gasteiger partial charge is 0.477 e. The van der Waals surface area contributed by atoms with Gasteiger partial charge in [-0.3, -0.25) is 9.69 Å². The summed E-state index contributed by atoms with van der Waals surface area (Å²) >= 11 is 6.25. The zero-order chi connectivity index (χ0) is 21.5. The maximum absolute atomic E-state index is 13.1. The van der Waals surface area contributed by atoms with Crippen molar-refractivity contribution in [3.8, 4) is 11.5 Å². The summed E-state index contributed by atoms with van der Waals surface area (Å²) in [5, 5.41) is 0.577. The summed E-state index contributed by atoms with van der Waals surface area (Å²) in [4.78, 5) is 15.3. The molecular weight excluding hydrogens is 410 g/mol. The van der Waals surface area contributed by atoms with Crippen LogP contribution in [0.3, 0.4) is 0 Å². The van der Waals surface area contributed by atoms with Crippen molar-refractivity contribution in [2.75, 3.05) is 6.73 Å². The van der Waals surface area contributed by atoms with Gasteiger partial charge >= 0.3 is 0 Å². The number of allylic oxidation sites excluding steroid dienone is 1. The van der Waals surface area contributed by atoms with Gasteiger partial charge in [0.25, 0.3) is 0 Å². The number of carbonyl (C=O) groups excluding carboxylic acids is 1. The quantitative estimate of drug-likeness (QED) is 0.482. The third-order valence-electron chi connectivity index (χ3n) is 5.72. The van der Waals surface area contributed by atoms with Gasteiger partial charge < -0.3 is 9.47 Å². The van der Waals surface area contributed by atoms with E-state index in [1.165, 1.54) is 11.1 Å². The van der Waals surface area contributed by atoms with Crippen molar-refractivity contribution >= 4 is 23.5 Å². The van der Waals surface area contributed by atoms with Gasteiger partial charge in [-0.25, -0.2) is 0 Å². The van der Waals surface area contributed by atoms with Crippen LogP contribution >= 0.6 is 11.6 Å². The topological polar surface area (TPSA) is 38.8 Å². The maximum Gasteiger partial charge on any atom is 0.231 e. The maximum atomic E-state index is 13.1. The molecule has 0 unspecified atom stereocenters. The van der Waals surface area contributed by atoms with Gasteiger partial charge in [-0.2, -0.15) is 0 Å². The monoisotopic (exact) mass is 431 g/mol. The molecule has 0 aromatic heterocycles. The van der Waals surface area contributed by atoms with E-state index in [1.807, 2.05) is 31.2 Å². The van der Waals surface area contributed by atoms with Gasteiger partial charge in [0.2, 0.25) is 5.78 Å². The van der Waals surface area contributed by atoms with E-state index in [0.29, 0.717) is 29.6 Å². The smallest absolute Gasteiger partial charge is 0.231 e. The molecule has 0 radical (unpaired) electrons. The molecule has 4 nitrogen and oxygen atoms in total. The lowest BCUT2D eigenvalue weighted by atomic mass is 9.99. The fraction of sp³-hybridized carbons (Fsp3) is 0.192. The SMILES string of the molecule is Cc1ccc(CN2COc3c(cc4c(c3C)O/C(=C\c3ccccc3Cl)C4=O)C2)cc1. The summed E-state index contributed by atoms with van der Waals surface area (Å²) in [6, 6.07) is 17.8. The highest BCUT2D eigenvalue weighted by Crippen LogP contribution is 2.43. The second kappa shape index (κ2) is 7.88. The molecule has 0 saturated heterocycles. The van der Waals surface area contributed by atoms with E-state index in [0.717, 1.165) is 29.0 Å². The normalized spacial score (nSPS) is 16.6. The number of Topliss-reactive ketones (excluding diaryl/α,β-unsaturated/α-hetero) is 1. The second-order valence-electron chi connectivity index (χ2n) is 8.07. The van der Waals surface area contributed by atoms with Gasteiger partial charge in [0.15, 0.2) is 5.76 Å². The molecule has 0 aliphatic carbocycles. The number of hydrogen-bond donors (Lipinski definition) is 0. The molecule has 3 aromatic rings. The molecule has 5 rings (SSSR count). The van der Waals surface area contributed by atoms with Crippen molar-refractivity contribution in [3.63, 3.8) is 0 Å². The van der Waals surface area contributed by atoms with Crippen LogP contribution in [-0.2, 0) is 13.1 Å². The van der Waals surface area contributed by atoms with Gasteiger partial charge in [0.05, 0.1) is 5.56 Å². The molecule has 2 aliphatic rings. The van der Waals surface area contributed by atoms with Crippen molar-refractivity contribution in [1.29, 1.82) is 0 Å². The highest BCUT2D eigenvalue weighted by molar-refractivity contribution is 6.32. The van der Waals surface area contributed by atoms with Crippen molar-refractivity contribution in [3.05, 3.63) is 98.8 Å². The number of rotatable bonds is 3. The van der Waals surface area contributed by atoms with Gasteiger partial charge in [-0.15, -0.1) is 0 Å². The first-order chi connectivity index (χ1) is 15.0. The van der Waals surface area contributed by atoms with E-state index >= 15 is 0 Å². The number of carbonyl (C=O) groups is 1. The summed E-state index contributed by atoms with van der Waals surface area (Å²) < 4.78 is 12.1. The van der Waals surface area contributed by atoms with Crippen molar-refractivity contribution < 1.29 is 14.3 Å². The number of nitrogens with zero attached hydrogens (tertiary/aromatic N) is 1. The van der Waals surface area contributed by atoms with Gasteiger partial charge in [-0.05, 0) is 43.2 Å². The Labute approximate surface area is 186 Å². The summed E-state index contributed by atoms with van der Waals surface area (Å²) in [7, 11) is 0. The standard InChI is InChI=1S/C26H22ClNO3/c1-16-7-9-18(10-8-16)13-28-14-20-11-21-24(29)23(12-19-5-3-4-6-22(19)27)31-26(21)17(2)25(20)30-15-28/h3-12H,13-15H2,1-2H3/b23-12-. The summed E-state index contributed by atoms with van der Waals surface area (Å²) in [5.41, 5.74) is 5.68. The second-order valence-corrected chi connectivity index (χ2v) is 8.48. The molecule has 0 saturated carbocycles. The van der Waals surface area contributed by atoms with E-state index in [4.69, 9.17) is 21.1 Å². The minimum atomic E-state index is -0.128. The average Bonchev–Trinajstić information content (AvgIpc) is 3.07. The molecule has 0 spiro atoms. The van der Waals surface area contributed by atoms with Gasteiger partial charge in [0.1, 0.15) is 18.2 Å². The van der Waals surface area contributed by atoms with Gasteiger partial charge in [0, 0.05) is 29.2 Å². The first-order valence-electron chi connectivity index (χ1n) is 10.3. The first-order valence-corrected chi connectivity index (χ1v) is 10.6. The highest BCUT2D eigenvalue weighted by atomic mass is 35.5. The summed E-state index contributed by atoms with van der Waals surface area (Å²) in [6.07, 6.45) is 1.70. The van der Waals surface area contributed by atoms with Crippen molar-refractivity contribution in [1.82, 2.24) is 4.90 Å². The summed E-state index contributed by atoms with van der Waals surface area (Å²) in [6.45, 7) is 6.03. The average molecular weight is 432 g/mol. The molecule has 2 aliphatic heterocycles. The lowest BCUT2D eigenvalue weighted by Gasteiger charge is -2.30. The Morgan fingerprint density at radius 1 is 1.06 bits per heavy atom. The van der Waals surface area contributed by atoms with Crippen LogP contribution in [0.15, 0.2) is 60.4 Å². The predicted molar refractivity (Wildman–Crippen MR) is 121 cm³/mol. The number of halogens is 1. The minimum Gasteiger partial charge on any atom is -0.477 e. The molecular formula is C26H22ClNO3. The third-order valence-corrected chi connectivity index (χ3v) is 6.06. The Morgan fingerprint density at radius 3 is 2.61 bits per heavy atom. The zero-order valence-corrected chi connectivity index (χ0v) is 18.2. The number of ether oxygens (including phenoxy) is 2. The number of fused-ring (bicyclic) bond motifs is 2. The van der Waals surface area contributed by atoms with Crippen LogP contribution in [0.25, 0.3) is 6.08 Å². The Morgan fingerprint density at radius 2 is 1.84 bits per heavy atom. The lowest BCUT2D eigenvalue weighted by molar-refractivity contribution is 0.0876. The molecule has 31 heavy (non-hydrogen) atoms. The Balaban J connectivity index is 1.43. The first kappa shape index (κ1) is 19.9. The van der Waals surface area contributed by atoms with Crippen molar-refractivity contribution in [2.45, 2.75) is 26.9 Å². The van der Waals surface area contributed by atoms with E-state index in [-0.39, 0.29) is 11.5 Å². The molecule has 0 bridgehead atoms. The lowest BCUT2D eigenvalue weighted by Crippen LogP contribution is -2.32. The third kappa shape index (κ3) is 3.73. The van der Waals surface area contributed by atoms with E-state index < -0.39 is 0 Å².